The Morgan fingerprint density at radius 1 is 0.496 bits per heavy atom. The van der Waals surface area contributed by atoms with Gasteiger partial charge in [-0.25, -0.2) is 19.6 Å². The summed E-state index contributed by atoms with van der Waals surface area (Å²) in [5.74, 6) is -2.96. The molecule has 8 heterocycles. The Hall–Kier alpha value is -17.3. The zero-order chi connectivity index (χ0) is 94.2. The zero-order valence-corrected chi connectivity index (χ0v) is 73.7. The molecular weight excluding hydrogens is 1700 g/mol. The average Bonchev–Trinajstić information content (AvgIpc) is 1.61. The molecule has 1 atom stereocenters. The van der Waals surface area contributed by atoms with Gasteiger partial charge in [-0.15, -0.1) is 0 Å². The van der Waals surface area contributed by atoms with Gasteiger partial charge in [0, 0.05) is 189 Å². The number of aromatic amines is 1. The van der Waals surface area contributed by atoms with E-state index in [0.717, 1.165) is 38.9 Å². The van der Waals surface area contributed by atoms with Crippen molar-refractivity contribution >= 4 is 98.1 Å². The molecule has 16 rings (SSSR count). The Kier molecular flexibility index (Phi) is 26.6. The van der Waals surface area contributed by atoms with E-state index in [1.165, 1.54) is 53.1 Å². The number of benzene rings is 7. The van der Waals surface area contributed by atoms with Crippen molar-refractivity contribution in [2.24, 2.45) is 59.6 Å². The zero-order valence-electron chi connectivity index (χ0n) is 73.7. The molecule has 672 valence electrons. The maximum atomic E-state index is 14.6. The van der Waals surface area contributed by atoms with Crippen LogP contribution in [0.2, 0.25) is 0 Å². The number of alkyl carbamates (subject to hydrolysis) is 1. The number of carbonyl (C=O) groups excluding carboxylic acids is 9. The van der Waals surface area contributed by atoms with Crippen LogP contribution in [0.15, 0.2) is 260 Å². The number of aryl methyl sites for hydroxylation is 9. The Balaban J connectivity index is 0.000000630. The molecule has 0 fully saturated rings. The van der Waals surface area contributed by atoms with Crippen LogP contribution in [0.4, 0.5) is 27.5 Å². The van der Waals surface area contributed by atoms with Crippen molar-refractivity contribution in [2.75, 3.05) is 23.8 Å². The van der Waals surface area contributed by atoms with Crippen molar-refractivity contribution in [1.29, 1.82) is 0 Å². The van der Waals surface area contributed by atoms with Gasteiger partial charge < -0.3 is 73.0 Å². The number of hydrogen-bond donors (Lipinski definition) is 6. The van der Waals surface area contributed by atoms with Gasteiger partial charge in [-0.05, 0) is 144 Å². The van der Waals surface area contributed by atoms with E-state index < -0.39 is 45.5 Å². The van der Waals surface area contributed by atoms with Gasteiger partial charge in [-0.3, -0.25) is 53.8 Å². The molecule has 34 heteroatoms. The summed E-state index contributed by atoms with van der Waals surface area (Å²) in [6, 6.07) is 55.8. The number of non-ortho nitro benzene ring substituents is 2. The van der Waals surface area contributed by atoms with Gasteiger partial charge in [0.1, 0.15) is 29.4 Å². The number of ether oxygens (including phenoxy) is 1. The quantitative estimate of drug-likeness (QED) is 0.00569. The highest BCUT2D eigenvalue weighted by Gasteiger charge is 2.32. The second kappa shape index (κ2) is 39.1. The number of fused-ring (bicyclic) bond motifs is 4. The molecular formula is C99H90N18O16. The number of H-pyrrole nitrogens is 1. The summed E-state index contributed by atoms with van der Waals surface area (Å²) in [5.41, 5.74) is 15.5. The van der Waals surface area contributed by atoms with Gasteiger partial charge in [-0.1, -0.05) is 119 Å². The summed E-state index contributed by atoms with van der Waals surface area (Å²) in [6.07, 6.45) is 11.9. The molecule has 4 amide bonds. The number of amides is 4. The minimum atomic E-state index is -1.18. The van der Waals surface area contributed by atoms with Crippen molar-refractivity contribution in [3.8, 4) is 22.6 Å². The summed E-state index contributed by atoms with van der Waals surface area (Å²) < 4.78 is 17.3. The van der Waals surface area contributed by atoms with Crippen molar-refractivity contribution in [2.45, 2.75) is 57.9 Å². The van der Waals surface area contributed by atoms with Gasteiger partial charge >= 0.3 is 12.1 Å². The lowest BCUT2D eigenvalue weighted by atomic mass is 9.98. The van der Waals surface area contributed by atoms with E-state index in [4.69, 9.17) is 19.8 Å². The highest BCUT2D eigenvalue weighted by Crippen LogP contribution is 2.45. The van der Waals surface area contributed by atoms with Crippen molar-refractivity contribution in [3.63, 3.8) is 0 Å². The van der Waals surface area contributed by atoms with E-state index in [2.05, 4.69) is 41.5 Å². The predicted octanol–water partition coefficient (Wildman–Crippen LogP) is 14.6. The van der Waals surface area contributed by atoms with E-state index in [-0.39, 0.29) is 114 Å². The topological polar surface area (TPSA) is 428 Å². The molecule has 0 saturated carbocycles. The van der Waals surface area contributed by atoms with E-state index in [1.54, 1.807) is 181 Å². The monoisotopic (exact) mass is 1790 g/mol. The van der Waals surface area contributed by atoms with Crippen LogP contribution in [0.5, 0.6) is 0 Å². The summed E-state index contributed by atoms with van der Waals surface area (Å²) in [4.78, 5) is 163. The van der Waals surface area contributed by atoms with Gasteiger partial charge in [-0.2, -0.15) is 0 Å². The minimum Gasteiger partial charge on any atom is -0.449 e. The second-order valence-corrected chi connectivity index (χ2v) is 32.5. The number of nitro benzene ring substituents is 2. The maximum absolute atomic E-state index is 14.6. The Morgan fingerprint density at radius 2 is 0.955 bits per heavy atom. The first-order valence-corrected chi connectivity index (χ1v) is 42.1. The van der Waals surface area contributed by atoms with Crippen LogP contribution in [0.25, 0.3) is 33.7 Å². The smallest absolute Gasteiger partial charge is 0.407 e. The van der Waals surface area contributed by atoms with Crippen molar-refractivity contribution in [3.05, 3.63) is 377 Å². The SMILES string of the molecule is Cc1ccc(/C(=N/O)c2ccc([N+](=O)[O-])cc2)cc1.Cc1ccc(/C(=N/OC(=O)c2cc(CC(=O)c3cc(CC(=O)c4cc(CC(=O)c5cc(CC(=O)[C@@H](CCNC(=O)c6cc(NC(=O)c7ccc8nc(-c9cc(NC(=O)c%10nccn%10C)cn9C)[nH]c8c7)cn6C)NC(=O)OCC6c7ccccc7-c7ccccc76)cn5C)cn4C)cn3C)cn2C)c2ccc([N+](=O)[O-])cc2)cc1. The standard InChI is InChI=1S/C85H78N16O13.C14H12N2O3/c1-49-17-19-54(20-18-49)78(55-21-24-59(25-22-55)101(111)112)93-114-84(109)73-34-53(45-98(73)6)38-77(105)70-33-52(44-97(70)5)37-76(104)69-32-51(43-96(69)4)36-75(103)68-31-50(42-95(68)3)35-74(102)66(92-85(110)113-48-64-62-15-11-9-13-60(62)61-14-10-12-16-63(61)64)27-28-87-82(107)72-41-58(47-100(72)8)88-81(106)56-23-26-65-67(39-56)91-79(90-65)71-40-57(46-99(71)7)89-83(108)80-86-29-30-94(80)2;1-10-2-4-11(5-3-10)14(15-17)12-6-8-13(9-7-12)16(18)19/h9-26,29-34,39-47,64,66H,27-28,35-38,48H2,1-8H3,(H,87,107)(H,88,106)(H,89,108)(H,90,91)(H,92,110);2-9,17H,1H3/b93-78-;15-14-/t66-;/m1./s1. The number of carbonyl (C=O) groups is 9. The second-order valence-electron chi connectivity index (χ2n) is 32.5. The molecule has 34 nitrogen and oxygen atoms in total. The lowest BCUT2D eigenvalue weighted by Crippen LogP contribution is -2.44. The van der Waals surface area contributed by atoms with Gasteiger partial charge in [0.25, 0.3) is 29.1 Å². The molecule has 0 spiro atoms. The fourth-order valence-corrected chi connectivity index (χ4v) is 16.2. The predicted molar refractivity (Wildman–Crippen MR) is 495 cm³/mol. The highest BCUT2D eigenvalue weighted by molar-refractivity contribution is 6.14. The highest BCUT2D eigenvalue weighted by atomic mass is 16.7. The largest absolute Gasteiger partial charge is 0.449 e. The number of nitro groups is 2. The van der Waals surface area contributed by atoms with Crippen molar-refractivity contribution in [1.82, 2.24) is 57.6 Å². The fraction of sp³-hybridized carbons (Fsp3) is 0.182. The van der Waals surface area contributed by atoms with Crippen LogP contribution in [0.1, 0.15) is 153 Å². The summed E-state index contributed by atoms with van der Waals surface area (Å²) in [5, 5.41) is 49.9. The summed E-state index contributed by atoms with van der Waals surface area (Å²) in [6.45, 7) is 3.77. The number of hydrogen-bond acceptors (Lipinski definition) is 20. The van der Waals surface area contributed by atoms with Crippen molar-refractivity contribution < 1.29 is 67.8 Å². The molecule has 133 heavy (non-hydrogen) atoms. The molecule has 0 unspecified atom stereocenters. The number of Topliss-reactive ketones (excluding diaryl/α,β-unsaturated/α-hetero) is 4. The molecule has 0 aliphatic heterocycles. The number of nitrogens with zero attached hydrogens (tertiary/aromatic N) is 13. The van der Waals surface area contributed by atoms with Crippen LogP contribution in [0, 0.1) is 34.1 Å². The fourth-order valence-electron chi connectivity index (χ4n) is 16.2. The van der Waals surface area contributed by atoms with E-state index in [9.17, 15) is 63.4 Å². The van der Waals surface area contributed by atoms with Crippen LogP contribution < -0.4 is 21.3 Å². The summed E-state index contributed by atoms with van der Waals surface area (Å²) in [7, 11) is 11.9. The Bertz CT molecular complexity index is 7100. The first-order chi connectivity index (χ1) is 63.9. The van der Waals surface area contributed by atoms with Crippen LogP contribution >= 0.6 is 0 Å². The molecule has 15 aromatic rings. The number of aromatic nitrogens is 10. The minimum absolute atomic E-state index is 0.00458. The lowest BCUT2D eigenvalue weighted by molar-refractivity contribution is -0.385. The van der Waals surface area contributed by atoms with E-state index in [1.807, 2.05) is 110 Å². The number of nitrogens with one attached hydrogen (secondary N) is 5. The molecule has 0 saturated heterocycles. The van der Waals surface area contributed by atoms with Gasteiger partial charge in [0.2, 0.25) is 0 Å². The van der Waals surface area contributed by atoms with E-state index in [0.29, 0.717) is 95.5 Å². The Morgan fingerprint density at radius 3 is 1.47 bits per heavy atom. The van der Waals surface area contributed by atoms with Crippen LogP contribution in [0.3, 0.4) is 0 Å². The lowest BCUT2D eigenvalue weighted by Gasteiger charge is -2.19. The number of anilines is 2. The third-order valence-corrected chi connectivity index (χ3v) is 23.0. The molecule has 1 aliphatic carbocycles. The molecule has 0 radical (unpaired) electrons. The molecule has 0 bridgehead atoms. The number of ketones is 4. The third kappa shape index (κ3) is 20.6. The number of oxime groups is 2. The summed E-state index contributed by atoms with van der Waals surface area (Å²) >= 11 is 0. The van der Waals surface area contributed by atoms with Gasteiger partial charge in [0.05, 0.1) is 61.1 Å². The molecule has 8 aromatic heterocycles. The molecule has 7 aromatic carbocycles. The van der Waals surface area contributed by atoms with Gasteiger partial charge in [0.15, 0.2) is 34.8 Å². The maximum Gasteiger partial charge on any atom is 0.407 e. The third-order valence-electron chi connectivity index (χ3n) is 23.0. The van der Waals surface area contributed by atoms with Crippen LogP contribution in [-0.4, -0.2) is 146 Å². The average molecular weight is 1790 g/mol. The number of rotatable bonds is 32. The first kappa shape index (κ1) is 90.5. The Labute approximate surface area is 760 Å². The first-order valence-electron chi connectivity index (χ1n) is 42.1. The number of imidazole rings is 2. The van der Waals surface area contributed by atoms with Crippen LogP contribution in [-0.2, 0) is 89.4 Å². The van der Waals surface area contributed by atoms with E-state index >= 15 is 0 Å². The molecule has 1 aliphatic rings. The molecule has 6 N–H and O–H groups in total. The normalized spacial score (nSPS) is 12.0.